The Labute approximate surface area is 125 Å². The molecule has 2 rings (SSSR count). The molecule has 0 aliphatic rings. The number of hydrogen-bond acceptors (Lipinski definition) is 4. The van der Waals surface area contributed by atoms with Gasteiger partial charge in [-0.1, -0.05) is 23.2 Å². The highest BCUT2D eigenvalue weighted by molar-refractivity contribution is 6.30. The summed E-state index contributed by atoms with van der Waals surface area (Å²) >= 11 is 11.7. The molecule has 0 bridgehead atoms. The van der Waals surface area contributed by atoms with E-state index in [4.69, 9.17) is 27.9 Å². The molecule has 2 aromatic rings. The second-order valence-corrected chi connectivity index (χ2v) is 5.01. The van der Waals surface area contributed by atoms with Gasteiger partial charge in [-0.15, -0.1) is 0 Å². The molecule has 0 fully saturated rings. The first-order valence-electron chi connectivity index (χ1n) is 5.64. The van der Waals surface area contributed by atoms with Gasteiger partial charge in [0.2, 0.25) is 0 Å². The molecule has 5 nitrogen and oxygen atoms in total. The summed E-state index contributed by atoms with van der Waals surface area (Å²) in [4.78, 5) is 14.3. The van der Waals surface area contributed by atoms with Crippen LogP contribution in [0.1, 0.15) is 11.1 Å². The summed E-state index contributed by atoms with van der Waals surface area (Å²) in [6.45, 7) is 3.59. The van der Waals surface area contributed by atoms with Gasteiger partial charge in [0, 0.05) is 11.1 Å². The van der Waals surface area contributed by atoms with E-state index >= 15 is 0 Å². The van der Waals surface area contributed by atoms with E-state index in [1.54, 1.807) is 26.0 Å². The smallest absolute Gasteiger partial charge is 0.331 e. The van der Waals surface area contributed by atoms with E-state index in [9.17, 15) is 10.1 Å². The van der Waals surface area contributed by atoms with E-state index in [1.807, 2.05) is 0 Å². The zero-order valence-corrected chi connectivity index (χ0v) is 12.2. The second kappa shape index (κ2) is 5.64. The second-order valence-electron chi connectivity index (χ2n) is 4.19. The molecule has 0 aliphatic carbocycles. The highest BCUT2D eigenvalue weighted by atomic mass is 35.5. The van der Waals surface area contributed by atoms with Crippen LogP contribution in [0.2, 0.25) is 10.2 Å². The van der Waals surface area contributed by atoms with Gasteiger partial charge in [0.05, 0.1) is 4.92 Å². The lowest BCUT2D eigenvalue weighted by Crippen LogP contribution is -1.98. The zero-order chi connectivity index (χ0) is 14.9. The summed E-state index contributed by atoms with van der Waals surface area (Å²) in [5.41, 5.74) is 1.26. The molecule has 0 saturated carbocycles. The van der Waals surface area contributed by atoms with Crippen LogP contribution in [0.3, 0.4) is 0 Å². The molecule has 20 heavy (non-hydrogen) atoms. The number of aromatic nitrogens is 1. The van der Waals surface area contributed by atoms with Gasteiger partial charge in [-0.2, -0.15) is 4.98 Å². The van der Waals surface area contributed by atoms with Crippen LogP contribution in [0, 0.1) is 24.0 Å². The normalized spacial score (nSPS) is 10.4. The van der Waals surface area contributed by atoms with E-state index in [1.165, 1.54) is 12.1 Å². The molecular formula is C13H10Cl2N2O3. The number of pyridine rings is 1. The van der Waals surface area contributed by atoms with Crippen LogP contribution in [0.4, 0.5) is 5.69 Å². The highest BCUT2D eigenvalue weighted by Crippen LogP contribution is 2.35. The minimum atomic E-state index is -0.570. The Kier molecular flexibility index (Phi) is 4.11. The van der Waals surface area contributed by atoms with Crippen molar-refractivity contribution in [3.63, 3.8) is 0 Å². The van der Waals surface area contributed by atoms with Crippen molar-refractivity contribution in [2.24, 2.45) is 0 Å². The van der Waals surface area contributed by atoms with Gasteiger partial charge in [0.25, 0.3) is 0 Å². The molecule has 0 radical (unpaired) electrons. The summed E-state index contributed by atoms with van der Waals surface area (Å²) in [5.74, 6) is 0.336. The van der Waals surface area contributed by atoms with E-state index in [-0.39, 0.29) is 16.7 Å². The maximum absolute atomic E-state index is 11.0. The molecule has 0 N–H and O–H groups in total. The molecule has 1 heterocycles. The number of aryl methyl sites for hydroxylation is 2. The predicted molar refractivity (Wildman–Crippen MR) is 76.9 cm³/mol. The summed E-state index contributed by atoms with van der Waals surface area (Å²) in [7, 11) is 0. The van der Waals surface area contributed by atoms with Crippen LogP contribution in [-0.2, 0) is 0 Å². The van der Waals surface area contributed by atoms with Crippen molar-refractivity contribution < 1.29 is 9.66 Å². The molecule has 0 spiro atoms. The van der Waals surface area contributed by atoms with Crippen molar-refractivity contribution in [1.29, 1.82) is 0 Å². The molecule has 7 heteroatoms. The SMILES string of the molecule is Cc1cc(Cl)cc(C)c1Oc1nc(Cl)ccc1[N+](=O)[O-]. The lowest BCUT2D eigenvalue weighted by atomic mass is 10.1. The molecule has 1 aromatic heterocycles. The van der Waals surface area contributed by atoms with E-state index in [0.717, 1.165) is 11.1 Å². The Morgan fingerprint density at radius 1 is 1.20 bits per heavy atom. The van der Waals surface area contributed by atoms with Crippen molar-refractivity contribution in [2.75, 3.05) is 0 Å². The summed E-state index contributed by atoms with van der Waals surface area (Å²) in [6.07, 6.45) is 0. The van der Waals surface area contributed by atoms with Crippen molar-refractivity contribution in [1.82, 2.24) is 4.98 Å². The molecule has 0 unspecified atom stereocenters. The Morgan fingerprint density at radius 3 is 2.35 bits per heavy atom. The molecular weight excluding hydrogens is 303 g/mol. The van der Waals surface area contributed by atoms with Crippen LogP contribution < -0.4 is 4.74 Å². The minimum Gasteiger partial charge on any atom is -0.433 e. The fraction of sp³-hybridized carbons (Fsp3) is 0.154. The van der Waals surface area contributed by atoms with Crippen molar-refractivity contribution in [2.45, 2.75) is 13.8 Å². The summed E-state index contributed by atoms with van der Waals surface area (Å²) in [5, 5.41) is 11.7. The maximum Gasteiger partial charge on any atom is 0.331 e. The zero-order valence-electron chi connectivity index (χ0n) is 10.7. The number of rotatable bonds is 3. The Hall–Kier alpha value is -1.85. The molecule has 0 amide bonds. The van der Waals surface area contributed by atoms with E-state index in [2.05, 4.69) is 4.98 Å². The highest BCUT2D eigenvalue weighted by Gasteiger charge is 2.19. The first-order valence-corrected chi connectivity index (χ1v) is 6.39. The van der Waals surface area contributed by atoms with Gasteiger partial charge < -0.3 is 4.74 Å². The summed E-state index contributed by atoms with van der Waals surface area (Å²) < 4.78 is 5.57. The van der Waals surface area contributed by atoms with Crippen molar-refractivity contribution in [3.05, 3.63) is 55.7 Å². The third-order valence-corrected chi connectivity index (χ3v) is 3.06. The van der Waals surface area contributed by atoms with Gasteiger partial charge in [-0.3, -0.25) is 10.1 Å². The summed E-state index contributed by atoms with van der Waals surface area (Å²) in [6, 6.07) is 6.01. The number of halogens is 2. The van der Waals surface area contributed by atoms with Crippen LogP contribution >= 0.6 is 23.2 Å². The van der Waals surface area contributed by atoms with Gasteiger partial charge in [0.1, 0.15) is 10.9 Å². The Morgan fingerprint density at radius 2 is 1.80 bits per heavy atom. The van der Waals surface area contributed by atoms with Gasteiger partial charge in [-0.05, 0) is 43.2 Å². The Bertz CT molecular complexity index is 666. The topological polar surface area (TPSA) is 65.3 Å². The fourth-order valence-electron chi connectivity index (χ4n) is 1.78. The monoisotopic (exact) mass is 312 g/mol. The number of ether oxygens (including phenoxy) is 1. The maximum atomic E-state index is 11.0. The van der Waals surface area contributed by atoms with Gasteiger partial charge in [0.15, 0.2) is 0 Å². The predicted octanol–water partition coefficient (Wildman–Crippen LogP) is 4.71. The number of nitro groups is 1. The van der Waals surface area contributed by atoms with Crippen molar-refractivity contribution >= 4 is 28.9 Å². The third kappa shape index (κ3) is 3.00. The fourth-order valence-corrected chi connectivity index (χ4v) is 2.25. The average molecular weight is 313 g/mol. The molecule has 0 aliphatic heterocycles. The number of nitrogens with zero attached hydrogens (tertiary/aromatic N) is 2. The average Bonchev–Trinajstić information content (AvgIpc) is 2.33. The van der Waals surface area contributed by atoms with Crippen molar-refractivity contribution in [3.8, 4) is 11.6 Å². The van der Waals surface area contributed by atoms with E-state index in [0.29, 0.717) is 10.8 Å². The molecule has 1 aromatic carbocycles. The van der Waals surface area contributed by atoms with Crippen LogP contribution in [0.25, 0.3) is 0 Å². The number of hydrogen-bond donors (Lipinski definition) is 0. The largest absolute Gasteiger partial charge is 0.433 e. The van der Waals surface area contributed by atoms with Crippen LogP contribution in [0.15, 0.2) is 24.3 Å². The standard InChI is InChI=1S/C13H10Cl2N2O3/c1-7-5-9(14)6-8(2)12(7)20-13-10(17(18)19)3-4-11(15)16-13/h3-6H,1-2H3. The minimum absolute atomic E-state index is 0.120. The van der Waals surface area contributed by atoms with Crippen LogP contribution in [0.5, 0.6) is 11.6 Å². The van der Waals surface area contributed by atoms with Gasteiger partial charge in [-0.25, -0.2) is 0 Å². The van der Waals surface area contributed by atoms with Gasteiger partial charge >= 0.3 is 11.6 Å². The molecule has 104 valence electrons. The quantitative estimate of drug-likeness (QED) is 0.468. The number of benzene rings is 1. The third-order valence-electron chi connectivity index (χ3n) is 2.63. The lowest BCUT2D eigenvalue weighted by molar-refractivity contribution is -0.386. The molecule has 0 atom stereocenters. The lowest BCUT2D eigenvalue weighted by Gasteiger charge is -2.11. The first-order chi connectivity index (χ1) is 9.38. The molecule has 0 saturated heterocycles. The van der Waals surface area contributed by atoms with Crippen LogP contribution in [-0.4, -0.2) is 9.91 Å². The Balaban J connectivity index is 2.50. The van der Waals surface area contributed by atoms with E-state index < -0.39 is 4.92 Å². The first kappa shape index (κ1) is 14.6.